The summed E-state index contributed by atoms with van der Waals surface area (Å²) in [5.74, 6) is 0.160. The molecule has 3 N–H and O–H groups in total. The molecule has 172 valence electrons. The molecular weight excluding hydrogens is 418 g/mol. The van der Waals surface area contributed by atoms with Gasteiger partial charge in [0.25, 0.3) is 5.56 Å². The molecule has 0 bridgehead atoms. The monoisotopic (exact) mass is 447 g/mol. The van der Waals surface area contributed by atoms with E-state index < -0.39 is 11.2 Å². The zero-order chi connectivity index (χ0) is 23.8. The van der Waals surface area contributed by atoms with Crippen LogP contribution in [0.4, 0.5) is 11.5 Å². The number of ether oxygens (including phenoxy) is 1. The van der Waals surface area contributed by atoms with Crippen molar-refractivity contribution in [1.82, 2.24) is 9.55 Å². The van der Waals surface area contributed by atoms with Crippen molar-refractivity contribution in [2.24, 2.45) is 0 Å². The third kappa shape index (κ3) is 5.51. The molecule has 0 saturated carbocycles. The Morgan fingerprint density at radius 1 is 1.15 bits per heavy atom. The molecule has 8 nitrogen and oxygen atoms in total. The van der Waals surface area contributed by atoms with E-state index in [-0.39, 0.29) is 11.5 Å². The van der Waals surface area contributed by atoms with Gasteiger partial charge in [-0.3, -0.25) is 14.3 Å². The fourth-order valence-corrected chi connectivity index (χ4v) is 3.74. The lowest BCUT2D eigenvalue weighted by Crippen LogP contribution is -2.39. The molecular formula is C25H29N5O3. The van der Waals surface area contributed by atoms with Crippen molar-refractivity contribution >= 4 is 11.5 Å². The van der Waals surface area contributed by atoms with Gasteiger partial charge in [0.2, 0.25) is 0 Å². The predicted octanol–water partition coefficient (Wildman–Crippen LogP) is 3.11. The molecule has 33 heavy (non-hydrogen) atoms. The van der Waals surface area contributed by atoms with Crippen LogP contribution in [0.15, 0.2) is 58.1 Å². The largest absolute Gasteiger partial charge is 0.383 e. The number of nitrogens with two attached hydrogens (primary N) is 1. The number of H-pyrrole nitrogens is 1. The maximum Gasteiger partial charge on any atom is 0.330 e. The summed E-state index contributed by atoms with van der Waals surface area (Å²) >= 11 is 0. The minimum Gasteiger partial charge on any atom is -0.383 e. The number of nitrogens with one attached hydrogen (secondary N) is 1. The molecule has 0 amide bonds. The van der Waals surface area contributed by atoms with Crippen LogP contribution in [0.1, 0.15) is 30.9 Å². The molecule has 1 heterocycles. The van der Waals surface area contributed by atoms with Crippen LogP contribution in [0.5, 0.6) is 0 Å². The lowest BCUT2D eigenvalue weighted by atomic mass is 9.99. The minimum absolute atomic E-state index is 0.160. The first-order valence-electron chi connectivity index (χ1n) is 10.9. The molecule has 0 atom stereocenters. The number of methoxy groups -OCH3 is 1. The molecule has 0 aliphatic heterocycles. The molecule has 0 fully saturated rings. The molecule has 0 aliphatic rings. The standard InChI is InChI=1S/C25H29N5O3/c1-3-4-13-30-23(27)22(24(31)28-25(30)32)29(14-15-33-2)17-18-9-11-19(12-10-18)21-8-6-5-7-20(21)16-26/h5-12H,3-4,13-15,17,27H2,1-2H3,(H,28,31,32). The van der Waals surface area contributed by atoms with Gasteiger partial charge < -0.3 is 15.4 Å². The Kier molecular flexibility index (Phi) is 8.06. The van der Waals surface area contributed by atoms with Gasteiger partial charge in [0, 0.05) is 26.7 Å². The number of rotatable bonds is 10. The smallest absolute Gasteiger partial charge is 0.330 e. The Balaban J connectivity index is 1.94. The van der Waals surface area contributed by atoms with Crippen LogP contribution in [0.3, 0.4) is 0 Å². The lowest BCUT2D eigenvalue weighted by molar-refractivity contribution is 0.205. The Morgan fingerprint density at radius 2 is 1.88 bits per heavy atom. The van der Waals surface area contributed by atoms with Crippen LogP contribution in [-0.2, 0) is 17.8 Å². The fraction of sp³-hybridized carbons (Fsp3) is 0.320. The maximum atomic E-state index is 12.7. The molecule has 0 spiro atoms. The van der Waals surface area contributed by atoms with Crippen LogP contribution in [0.2, 0.25) is 0 Å². The summed E-state index contributed by atoms with van der Waals surface area (Å²) in [6.07, 6.45) is 1.67. The molecule has 0 saturated heterocycles. The van der Waals surface area contributed by atoms with E-state index in [4.69, 9.17) is 10.5 Å². The molecule has 3 aromatic rings. The number of hydrogen-bond donors (Lipinski definition) is 2. The van der Waals surface area contributed by atoms with Crippen molar-refractivity contribution in [2.45, 2.75) is 32.9 Å². The van der Waals surface area contributed by atoms with E-state index in [2.05, 4.69) is 11.1 Å². The van der Waals surface area contributed by atoms with Crippen molar-refractivity contribution in [2.75, 3.05) is 30.9 Å². The fourth-order valence-electron chi connectivity index (χ4n) is 3.74. The van der Waals surface area contributed by atoms with Crippen LogP contribution in [-0.4, -0.2) is 29.8 Å². The molecule has 0 unspecified atom stereocenters. The molecule has 8 heteroatoms. The van der Waals surface area contributed by atoms with Crippen LogP contribution >= 0.6 is 0 Å². The molecule has 3 rings (SSSR count). The highest BCUT2D eigenvalue weighted by Crippen LogP contribution is 2.25. The van der Waals surface area contributed by atoms with E-state index in [1.807, 2.05) is 54.3 Å². The van der Waals surface area contributed by atoms with E-state index >= 15 is 0 Å². The summed E-state index contributed by atoms with van der Waals surface area (Å²) in [6.45, 7) is 3.69. The average molecular weight is 448 g/mol. The van der Waals surface area contributed by atoms with Gasteiger partial charge in [-0.2, -0.15) is 5.26 Å². The number of hydrogen-bond acceptors (Lipinski definition) is 6. The van der Waals surface area contributed by atoms with Gasteiger partial charge in [0.05, 0.1) is 18.2 Å². The van der Waals surface area contributed by atoms with Gasteiger partial charge in [-0.1, -0.05) is 55.8 Å². The summed E-state index contributed by atoms with van der Waals surface area (Å²) in [5.41, 5.74) is 8.94. The number of nitriles is 1. The Labute approximate surface area is 192 Å². The molecule has 1 aromatic heterocycles. The van der Waals surface area contributed by atoms with E-state index in [0.717, 1.165) is 29.5 Å². The number of nitrogen functional groups attached to an aromatic ring is 1. The summed E-state index contributed by atoms with van der Waals surface area (Å²) in [6, 6.07) is 17.5. The average Bonchev–Trinajstić information content (AvgIpc) is 2.82. The summed E-state index contributed by atoms with van der Waals surface area (Å²) < 4.78 is 6.66. The lowest BCUT2D eigenvalue weighted by Gasteiger charge is -2.26. The normalized spacial score (nSPS) is 10.7. The van der Waals surface area contributed by atoms with E-state index in [9.17, 15) is 14.9 Å². The minimum atomic E-state index is -0.513. The summed E-state index contributed by atoms with van der Waals surface area (Å²) in [4.78, 5) is 29.3. The van der Waals surface area contributed by atoms with Gasteiger partial charge in [-0.25, -0.2) is 4.79 Å². The van der Waals surface area contributed by atoms with Crippen LogP contribution in [0.25, 0.3) is 11.1 Å². The number of anilines is 2. The highest BCUT2D eigenvalue weighted by molar-refractivity contribution is 5.70. The first-order chi connectivity index (χ1) is 16.0. The highest BCUT2D eigenvalue weighted by atomic mass is 16.5. The number of aromatic nitrogens is 2. The molecule has 0 radical (unpaired) electrons. The van der Waals surface area contributed by atoms with E-state index in [0.29, 0.717) is 31.8 Å². The second-order valence-corrected chi connectivity index (χ2v) is 7.77. The third-order valence-electron chi connectivity index (χ3n) is 5.52. The van der Waals surface area contributed by atoms with Crippen molar-refractivity contribution in [3.8, 4) is 17.2 Å². The first kappa shape index (κ1) is 23.8. The summed E-state index contributed by atoms with van der Waals surface area (Å²) in [5, 5.41) is 9.37. The Bertz CT molecular complexity index is 1240. The maximum absolute atomic E-state index is 12.7. The Morgan fingerprint density at radius 3 is 2.55 bits per heavy atom. The number of aromatic amines is 1. The van der Waals surface area contributed by atoms with Crippen molar-refractivity contribution < 1.29 is 4.74 Å². The van der Waals surface area contributed by atoms with Crippen LogP contribution < -0.4 is 21.9 Å². The quantitative estimate of drug-likeness (QED) is 0.493. The van der Waals surface area contributed by atoms with E-state index in [1.165, 1.54) is 4.57 Å². The van der Waals surface area contributed by atoms with E-state index in [1.54, 1.807) is 13.2 Å². The SMILES string of the molecule is CCCCn1c(N)c(N(CCOC)Cc2ccc(-c3ccccc3C#N)cc2)c(=O)[nH]c1=O. The van der Waals surface area contributed by atoms with Gasteiger partial charge in [0.1, 0.15) is 11.5 Å². The molecule has 0 aliphatic carbocycles. The number of benzene rings is 2. The van der Waals surface area contributed by atoms with Gasteiger partial charge in [-0.15, -0.1) is 0 Å². The zero-order valence-electron chi connectivity index (χ0n) is 19.0. The van der Waals surface area contributed by atoms with Gasteiger partial charge in [-0.05, 0) is 29.2 Å². The highest BCUT2D eigenvalue weighted by Gasteiger charge is 2.19. The third-order valence-corrected chi connectivity index (χ3v) is 5.52. The predicted molar refractivity (Wildman–Crippen MR) is 130 cm³/mol. The van der Waals surface area contributed by atoms with Crippen LogP contribution in [0, 0.1) is 11.3 Å². The topological polar surface area (TPSA) is 117 Å². The second kappa shape index (κ2) is 11.2. The van der Waals surface area contributed by atoms with Crippen molar-refractivity contribution in [1.29, 1.82) is 5.26 Å². The van der Waals surface area contributed by atoms with Gasteiger partial charge in [0.15, 0.2) is 0 Å². The van der Waals surface area contributed by atoms with Crippen molar-refractivity contribution in [3.05, 3.63) is 80.5 Å². The first-order valence-corrected chi connectivity index (χ1v) is 10.9. The summed E-state index contributed by atoms with van der Waals surface area (Å²) in [7, 11) is 1.59. The molecule has 2 aromatic carbocycles. The number of nitrogens with zero attached hydrogens (tertiary/aromatic N) is 3. The number of unbranched alkanes of at least 4 members (excludes halogenated alkanes) is 1. The zero-order valence-corrected chi connectivity index (χ0v) is 19.0. The van der Waals surface area contributed by atoms with Gasteiger partial charge >= 0.3 is 5.69 Å². The second-order valence-electron chi connectivity index (χ2n) is 7.77. The Hall–Kier alpha value is -3.83. The van der Waals surface area contributed by atoms with Crippen molar-refractivity contribution in [3.63, 3.8) is 0 Å².